The first-order chi connectivity index (χ1) is 15.5. The predicted molar refractivity (Wildman–Crippen MR) is 124 cm³/mol. The first-order valence-corrected chi connectivity index (χ1v) is 10.3. The Bertz CT molecular complexity index is 1290. The van der Waals surface area contributed by atoms with Crippen molar-refractivity contribution in [3.8, 4) is 11.5 Å². The quantitative estimate of drug-likeness (QED) is 0.322. The van der Waals surface area contributed by atoms with E-state index in [1.807, 2.05) is 38.4 Å². The number of benzene rings is 2. The second-order valence-corrected chi connectivity index (χ2v) is 7.69. The lowest BCUT2D eigenvalue weighted by Gasteiger charge is -2.14. The highest BCUT2D eigenvalue weighted by Gasteiger charge is 2.17. The summed E-state index contributed by atoms with van der Waals surface area (Å²) < 4.78 is 16.8. The number of hydrogen-bond donors (Lipinski definition) is 2. The van der Waals surface area contributed by atoms with Crippen LogP contribution in [0.3, 0.4) is 0 Å². The van der Waals surface area contributed by atoms with Crippen molar-refractivity contribution in [3.05, 3.63) is 64.6 Å². The first kappa shape index (κ1) is 21.5. The molecule has 8 heteroatoms. The van der Waals surface area contributed by atoms with Crippen molar-refractivity contribution in [2.24, 2.45) is 0 Å². The van der Waals surface area contributed by atoms with Crippen LogP contribution in [-0.4, -0.2) is 50.1 Å². The van der Waals surface area contributed by atoms with E-state index in [0.29, 0.717) is 29.2 Å². The molecule has 0 atom stereocenters. The lowest BCUT2D eigenvalue weighted by Crippen LogP contribution is -2.18. The van der Waals surface area contributed by atoms with Crippen molar-refractivity contribution >= 4 is 33.5 Å². The maximum Gasteiger partial charge on any atom is 0.360 e. The van der Waals surface area contributed by atoms with Crippen LogP contribution in [-0.2, 0) is 0 Å². The van der Waals surface area contributed by atoms with Crippen LogP contribution in [0.2, 0.25) is 0 Å². The Morgan fingerprint density at radius 1 is 1.12 bits per heavy atom. The molecule has 2 aromatic carbocycles. The number of hydrogen-bond acceptors (Lipinski definition) is 6. The second kappa shape index (κ2) is 9.15. The van der Waals surface area contributed by atoms with Gasteiger partial charge in [-0.05, 0) is 50.8 Å². The Kier molecular flexibility index (Phi) is 6.13. The van der Waals surface area contributed by atoms with Gasteiger partial charge in [-0.3, -0.25) is 4.79 Å². The Labute approximate surface area is 184 Å². The van der Waals surface area contributed by atoms with Gasteiger partial charge in [-0.15, -0.1) is 0 Å². The molecule has 0 saturated carbocycles. The minimum absolute atomic E-state index is 0.0443. The van der Waals surface area contributed by atoms with Crippen LogP contribution in [0.1, 0.15) is 16.9 Å². The molecule has 0 aliphatic heterocycles. The summed E-state index contributed by atoms with van der Waals surface area (Å²) >= 11 is 0. The molecule has 0 spiro atoms. The Morgan fingerprint density at radius 3 is 2.69 bits per heavy atom. The number of carbonyl (C=O) groups excluding carboxylic acids is 1. The minimum atomic E-state index is -0.676. The molecule has 2 heterocycles. The predicted octanol–water partition coefficient (Wildman–Crippen LogP) is 3.87. The van der Waals surface area contributed by atoms with Gasteiger partial charge in [-0.2, -0.15) is 0 Å². The van der Waals surface area contributed by atoms with Gasteiger partial charge < -0.3 is 29.1 Å². The summed E-state index contributed by atoms with van der Waals surface area (Å²) in [4.78, 5) is 30.4. The number of anilines is 1. The fourth-order valence-corrected chi connectivity index (χ4v) is 3.48. The molecular formula is C24H25N3O5. The normalized spacial score (nSPS) is 11.2. The van der Waals surface area contributed by atoms with Gasteiger partial charge in [0.15, 0.2) is 11.3 Å². The number of rotatable bonds is 8. The van der Waals surface area contributed by atoms with Crippen molar-refractivity contribution in [3.63, 3.8) is 0 Å². The summed E-state index contributed by atoms with van der Waals surface area (Å²) in [6, 6.07) is 14.4. The molecule has 4 rings (SSSR count). The lowest BCUT2D eigenvalue weighted by atomic mass is 10.2. The fraction of sp³-hybridized carbons (Fsp3) is 0.250. The number of carbonyl (C=O) groups is 1. The summed E-state index contributed by atoms with van der Waals surface area (Å²) in [7, 11) is 5.49. The second-order valence-electron chi connectivity index (χ2n) is 7.69. The van der Waals surface area contributed by atoms with Gasteiger partial charge in [0.05, 0.1) is 13.7 Å². The van der Waals surface area contributed by atoms with E-state index in [4.69, 9.17) is 13.9 Å². The minimum Gasteiger partial charge on any atom is -0.490 e. The Hall–Kier alpha value is -3.78. The van der Waals surface area contributed by atoms with E-state index >= 15 is 0 Å². The molecule has 1 amide bonds. The Balaban J connectivity index is 1.58. The third-order valence-electron chi connectivity index (χ3n) is 5.06. The van der Waals surface area contributed by atoms with E-state index in [-0.39, 0.29) is 11.3 Å². The van der Waals surface area contributed by atoms with Gasteiger partial charge in [0, 0.05) is 22.8 Å². The number of fused-ring (bicyclic) bond motifs is 2. The zero-order chi connectivity index (χ0) is 22.7. The van der Waals surface area contributed by atoms with Crippen molar-refractivity contribution in [1.82, 2.24) is 9.88 Å². The maximum absolute atomic E-state index is 12.7. The van der Waals surface area contributed by atoms with E-state index in [1.165, 1.54) is 7.11 Å². The number of methoxy groups -OCH3 is 1. The van der Waals surface area contributed by atoms with Crippen molar-refractivity contribution in [2.75, 3.05) is 39.7 Å². The number of ether oxygens (including phenoxy) is 2. The molecule has 0 aliphatic rings. The van der Waals surface area contributed by atoms with E-state index in [0.717, 1.165) is 23.9 Å². The molecule has 4 aromatic rings. The molecule has 2 aromatic heterocycles. The van der Waals surface area contributed by atoms with Crippen LogP contribution < -0.4 is 20.4 Å². The lowest BCUT2D eigenvalue weighted by molar-refractivity contribution is 0.102. The highest BCUT2D eigenvalue weighted by Crippen LogP contribution is 2.35. The molecule has 0 bridgehead atoms. The topological polar surface area (TPSA) is 96.8 Å². The fourth-order valence-electron chi connectivity index (χ4n) is 3.48. The molecule has 0 radical (unpaired) electrons. The summed E-state index contributed by atoms with van der Waals surface area (Å²) in [5.74, 6) is 0.412. The average Bonchev–Trinajstić information content (AvgIpc) is 3.21. The molecule has 0 aliphatic carbocycles. The number of nitrogens with zero attached hydrogens (tertiary/aromatic N) is 1. The van der Waals surface area contributed by atoms with E-state index in [9.17, 15) is 9.59 Å². The van der Waals surface area contributed by atoms with Crippen LogP contribution in [0.25, 0.3) is 21.9 Å². The molecule has 166 valence electrons. The Morgan fingerprint density at radius 2 is 1.94 bits per heavy atom. The number of nitrogens with one attached hydrogen (secondary N) is 2. The summed E-state index contributed by atoms with van der Waals surface area (Å²) in [5, 5.41) is 4.14. The molecule has 0 saturated heterocycles. The molecule has 0 unspecified atom stereocenters. The van der Waals surface area contributed by atoms with E-state index in [2.05, 4.69) is 15.2 Å². The SMILES string of the molecule is COc1c(OCCCN(C)C)ccc2cc(NC(=O)c3cc4ccccc4[nH]3)c(=O)oc12. The van der Waals surface area contributed by atoms with Gasteiger partial charge in [0.25, 0.3) is 5.91 Å². The summed E-state index contributed by atoms with van der Waals surface area (Å²) in [6.07, 6.45) is 0.844. The molecule has 32 heavy (non-hydrogen) atoms. The van der Waals surface area contributed by atoms with Gasteiger partial charge >= 0.3 is 5.63 Å². The van der Waals surface area contributed by atoms with Gasteiger partial charge in [-0.1, -0.05) is 18.2 Å². The molecule has 8 nitrogen and oxygen atoms in total. The summed E-state index contributed by atoms with van der Waals surface area (Å²) in [6.45, 7) is 1.40. The number of H-pyrrole nitrogens is 1. The standard InChI is InChI=1S/C24H25N3O5/c1-27(2)11-6-12-31-20-10-9-16-14-19(24(29)32-21(16)22(20)30-3)26-23(28)18-13-15-7-4-5-8-17(15)25-18/h4-5,7-10,13-14,25H,6,11-12H2,1-3H3,(H,26,28). The first-order valence-electron chi connectivity index (χ1n) is 10.3. The van der Waals surface area contributed by atoms with Crippen LogP contribution >= 0.6 is 0 Å². The van der Waals surface area contributed by atoms with Gasteiger partial charge in [-0.25, -0.2) is 4.79 Å². The smallest absolute Gasteiger partial charge is 0.360 e. The molecule has 2 N–H and O–H groups in total. The zero-order valence-corrected chi connectivity index (χ0v) is 18.2. The van der Waals surface area contributed by atoms with Crippen LogP contribution in [0.15, 0.2) is 57.7 Å². The van der Waals surface area contributed by atoms with Gasteiger partial charge in [0.1, 0.15) is 11.4 Å². The molecular weight excluding hydrogens is 410 g/mol. The van der Waals surface area contributed by atoms with Crippen molar-refractivity contribution in [1.29, 1.82) is 0 Å². The summed E-state index contributed by atoms with van der Waals surface area (Å²) in [5.41, 5.74) is 0.829. The highest BCUT2D eigenvalue weighted by atomic mass is 16.5. The van der Waals surface area contributed by atoms with Crippen LogP contribution in [0.4, 0.5) is 5.69 Å². The number of aromatic nitrogens is 1. The number of aromatic amines is 1. The molecule has 0 fully saturated rings. The van der Waals surface area contributed by atoms with E-state index in [1.54, 1.807) is 24.3 Å². The third kappa shape index (κ3) is 4.45. The van der Waals surface area contributed by atoms with Gasteiger partial charge in [0.2, 0.25) is 5.75 Å². The van der Waals surface area contributed by atoms with Crippen molar-refractivity contribution < 1.29 is 18.7 Å². The highest BCUT2D eigenvalue weighted by molar-refractivity contribution is 6.06. The largest absolute Gasteiger partial charge is 0.490 e. The number of amides is 1. The van der Waals surface area contributed by atoms with Crippen LogP contribution in [0, 0.1) is 0 Å². The third-order valence-corrected chi connectivity index (χ3v) is 5.06. The van der Waals surface area contributed by atoms with Crippen molar-refractivity contribution in [2.45, 2.75) is 6.42 Å². The van der Waals surface area contributed by atoms with Crippen LogP contribution in [0.5, 0.6) is 11.5 Å². The monoisotopic (exact) mass is 435 g/mol. The number of para-hydroxylation sites is 1. The average molecular weight is 435 g/mol. The van der Waals surface area contributed by atoms with E-state index < -0.39 is 11.5 Å². The maximum atomic E-state index is 12.7. The zero-order valence-electron chi connectivity index (χ0n) is 18.2.